The van der Waals surface area contributed by atoms with Gasteiger partial charge in [-0.15, -0.1) is 0 Å². The molecule has 2 heterocycles. The second-order valence-corrected chi connectivity index (χ2v) is 4.35. The first kappa shape index (κ1) is 12.5. The number of aromatic nitrogens is 2. The number of aryl methyl sites for hydroxylation is 1. The Balaban J connectivity index is 2.24. The van der Waals surface area contributed by atoms with Gasteiger partial charge in [-0.2, -0.15) is 0 Å². The maximum Gasteiger partial charge on any atom is 0.133 e. The van der Waals surface area contributed by atoms with E-state index in [1.54, 1.807) is 6.20 Å². The molecule has 0 fully saturated rings. The van der Waals surface area contributed by atoms with Crippen molar-refractivity contribution in [2.45, 2.75) is 20.0 Å². The molecule has 18 heavy (non-hydrogen) atoms. The smallest absolute Gasteiger partial charge is 0.133 e. The predicted molar refractivity (Wildman–Crippen MR) is 73.2 cm³/mol. The number of pyridine rings is 2. The molecule has 0 unspecified atom stereocenters. The Labute approximate surface area is 107 Å². The molecule has 0 aliphatic carbocycles. The summed E-state index contributed by atoms with van der Waals surface area (Å²) in [4.78, 5) is 10.7. The van der Waals surface area contributed by atoms with Crippen LogP contribution in [-0.4, -0.2) is 17.0 Å². The SMILES string of the molecule is Cc1ccnc(N(C)Cc2cccnc2)c1CN. The number of nitrogens with two attached hydrogens (primary N) is 1. The molecule has 2 N–H and O–H groups in total. The Hall–Kier alpha value is -1.94. The van der Waals surface area contributed by atoms with Crippen LogP contribution < -0.4 is 10.6 Å². The number of anilines is 1. The molecule has 0 aliphatic heterocycles. The molecule has 0 saturated heterocycles. The van der Waals surface area contributed by atoms with Crippen molar-refractivity contribution in [3.63, 3.8) is 0 Å². The van der Waals surface area contributed by atoms with Gasteiger partial charge in [-0.05, 0) is 30.2 Å². The Bertz CT molecular complexity index is 510. The Morgan fingerprint density at radius 2 is 2.11 bits per heavy atom. The maximum atomic E-state index is 5.80. The van der Waals surface area contributed by atoms with Gasteiger partial charge < -0.3 is 10.6 Å². The van der Waals surface area contributed by atoms with E-state index in [-0.39, 0.29) is 0 Å². The number of hydrogen-bond acceptors (Lipinski definition) is 4. The zero-order valence-electron chi connectivity index (χ0n) is 10.8. The second kappa shape index (κ2) is 5.60. The molecule has 0 amide bonds. The molecule has 2 aromatic rings. The molecule has 94 valence electrons. The zero-order valence-corrected chi connectivity index (χ0v) is 10.8. The minimum absolute atomic E-state index is 0.506. The lowest BCUT2D eigenvalue weighted by atomic mass is 10.1. The Kier molecular flexibility index (Phi) is 3.89. The highest BCUT2D eigenvalue weighted by Crippen LogP contribution is 2.20. The van der Waals surface area contributed by atoms with E-state index >= 15 is 0 Å². The summed E-state index contributed by atoms with van der Waals surface area (Å²) in [6, 6.07) is 5.99. The van der Waals surface area contributed by atoms with E-state index in [2.05, 4.69) is 27.9 Å². The molecule has 0 spiro atoms. The molecular formula is C14H18N4. The molecule has 0 atom stereocenters. The lowest BCUT2D eigenvalue weighted by molar-refractivity contribution is 0.867. The van der Waals surface area contributed by atoms with Crippen molar-refractivity contribution in [1.82, 2.24) is 9.97 Å². The first-order chi connectivity index (χ1) is 8.72. The summed E-state index contributed by atoms with van der Waals surface area (Å²) in [5.41, 5.74) is 9.24. The molecule has 0 bridgehead atoms. The molecule has 4 heteroatoms. The first-order valence-corrected chi connectivity index (χ1v) is 5.97. The molecule has 0 saturated carbocycles. The minimum Gasteiger partial charge on any atom is -0.355 e. The molecular weight excluding hydrogens is 224 g/mol. The fourth-order valence-electron chi connectivity index (χ4n) is 2.00. The summed E-state index contributed by atoms with van der Waals surface area (Å²) in [6.07, 6.45) is 5.47. The van der Waals surface area contributed by atoms with Crippen molar-refractivity contribution in [3.05, 3.63) is 53.5 Å². The summed E-state index contributed by atoms with van der Waals surface area (Å²) >= 11 is 0. The average molecular weight is 242 g/mol. The molecule has 0 radical (unpaired) electrons. The first-order valence-electron chi connectivity index (χ1n) is 5.97. The molecule has 2 aromatic heterocycles. The van der Waals surface area contributed by atoms with Crippen LogP contribution in [0.2, 0.25) is 0 Å². The molecule has 4 nitrogen and oxygen atoms in total. The predicted octanol–water partition coefficient (Wildman–Crippen LogP) is 1.88. The van der Waals surface area contributed by atoms with Gasteiger partial charge >= 0.3 is 0 Å². The van der Waals surface area contributed by atoms with E-state index in [9.17, 15) is 0 Å². The molecule has 2 rings (SSSR count). The maximum absolute atomic E-state index is 5.80. The summed E-state index contributed by atoms with van der Waals surface area (Å²) in [7, 11) is 2.02. The summed E-state index contributed by atoms with van der Waals surface area (Å²) in [5, 5.41) is 0. The van der Waals surface area contributed by atoms with Crippen molar-refractivity contribution in [2.24, 2.45) is 5.73 Å². The zero-order chi connectivity index (χ0) is 13.0. The summed E-state index contributed by atoms with van der Waals surface area (Å²) < 4.78 is 0. The van der Waals surface area contributed by atoms with Gasteiger partial charge in [0, 0.05) is 44.3 Å². The third-order valence-electron chi connectivity index (χ3n) is 2.98. The van der Waals surface area contributed by atoms with E-state index in [1.165, 1.54) is 5.56 Å². The Morgan fingerprint density at radius 3 is 2.78 bits per heavy atom. The van der Waals surface area contributed by atoms with Crippen molar-refractivity contribution >= 4 is 5.82 Å². The normalized spacial score (nSPS) is 10.4. The van der Waals surface area contributed by atoms with Crippen molar-refractivity contribution in [1.29, 1.82) is 0 Å². The van der Waals surface area contributed by atoms with Gasteiger partial charge in [0.25, 0.3) is 0 Å². The van der Waals surface area contributed by atoms with E-state index in [0.717, 1.165) is 23.5 Å². The van der Waals surface area contributed by atoms with Crippen LogP contribution in [0.1, 0.15) is 16.7 Å². The lowest BCUT2D eigenvalue weighted by Gasteiger charge is -2.21. The number of nitrogens with zero attached hydrogens (tertiary/aromatic N) is 3. The third-order valence-corrected chi connectivity index (χ3v) is 2.98. The van der Waals surface area contributed by atoms with Crippen LogP contribution in [0.4, 0.5) is 5.82 Å². The van der Waals surface area contributed by atoms with Crippen LogP contribution in [0.15, 0.2) is 36.8 Å². The number of hydrogen-bond donors (Lipinski definition) is 1. The van der Waals surface area contributed by atoms with Gasteiger partial charge in [-0.3, -0.25) is 4.98 Å². The highest BCUT2D eigenvalue weighted by molar-refractivity contribution is 5.50. The van der Waals surface area contributed by atoms with Crippen molar-refractivity contribution in [2.75, 3.05) is 11.9 Å². The lowest BCUT2D eigenvalue weighted by Crippen LogP contribution is -2.21. The highest BCUT2D eigenvalue weighted by Gasteiger charge is 2.10. The largest absolute Gasteiger partial charge is 0.355 e. The third kappa shape index (κ3) is 2.65. The van der Waals surface area contributed by atoms with E-state index in [0.29, 0.717) is 6.54 Å². The standard InChI is InChI=1S/C14H18N4/c1-11-5-7-17-14(13(11)8-15)18(2)10-12-4-3-6-16-9-12/h3-7,9H,8,10,15H2,1-2H3. The van der Waals surface area contributed by atoms with Gasteiger partial charge in [0.05, 0.1) is 0 Å². The van der Waals surface area contributed by atoms with E-state index in [1.807, 2.05) is 31.6 Å². The average Bonchev–Trinajstić information content (AvgIpc) is 2.39. The monoisotopic (exact) mass is 242 g/mol. The van der Waals surface area contributed by atoms with Gasteiger partial charge in [-0.25, -0.2) is 4.98 Å². The fraction of sp³-hybridized carbons (Fsp3) is 0.286. The van der Waals surface area contributed by atoms with Crippen LogP contribution in [0, 0.1) is 6.92 Å². The fourth-order valence-corrected chi connectivity index (χ4v) is 2.00. The van der Waals surface area contributed by atoms with Crippen molar-refractivity contribution < 1.29 is 0 Å². The summed E-state index contributed by atoms with van der Waals surface area (Å²) in [6.45, 7) is 3.34. The second-order valence-electron chi connectivity index (χ2n) is 4.35. The molecule has 0 aliphatic rings. The minimum atomic E-state index is 0.506. The number of rotatable bonds is 4. The van der Waals surface area contributed by atoms with Gasteiger partial charge in [-0.1, -0.05) is 6.07 Å². The van der Waals surface area contributed by atoms with Gasteiger partial charge in [0.2, 0.25) is 0 Å². The van der Waals surface area contributed by atoms with Gasteiger partial charge in [0.15, 0.2) is 0 Å². The van der Waals surface area contributed by atoms with Crippen LogP contribution in [0.25, 0.3) is 0 Å². The van der Waals surface area contributed by atoms with E-state index < -0.39 is 0 Å². The summed E-state index contributed by atoms with van der Waals surface area (Å²) in [5.74, 6) is 0.946. The van der Waals surface area contributed by atoms with Crippen molar-refractivity contribution in [3.8, 4) is 0 Å². The van der Waals surface area contributed by atoms with Crippen LogP contribution in [-0.2, 0) is 13.1 Å². The van der Waals surface area contributed by atoms with E-state index in [4.69, 9.17) is 5.73 Å². The van der Waals surface area contributed by atoms with Gasteiger partial charge in [0.1, 0.15) is 5.82 Å². The van der Waals surface area contributed by atoms with Crippen LogP contribution in [0.3, 0.4) is 0 Å². The topological polar surface area (TPSA) is 55.0 Å². The highest BCUT2D eigenvalue weighted by atomic mass is 15.2. The Morgan fingerprint density at radius 1 is 1.28 bits per heavy atom. The van der Waals surface area contributed by atoms with Crippen LogP contribution in [0.5, 0.6) is 0 Å². The quantitative estimate of drug-likeness (QED) is 0.889. The van der Waals surface area contributed by atoms with Crippen LogP contribution >= 0.6 is 0 Å². The molecule has 0 aromatic carbocycles.